The zero-order valence-corrected chi connectivity index (χ0v) is 15.2. The van der Waals surface area contributed by atoms with E-state index in [9.17, 15) is 14.0 Å². The van der Waals surface area contributed by atoms with Gasteiger partial charge in [0.25, 0.3) is 0 Å². The second kappa shape index (κ2) is 7.53. The zero-order valence-electron chi connectivity index (χ0n) is 15.2. The van der Waals surface area contributed by atoms with Crippen molar-refractivity contribution in [3.05, 3.63) is 96.1 Å². The number of nitriles is 1. The molecule has 0 aliphatic rings. The number of nitrogens with two attached hydrogens (primary N) is 1. The predicted octanol–water partition coefficient (Wildman–Crippen LogP) is 5.81. The molecule has 0 radical (unpaired) electrons. The number of rotatable bonds is 3. The van der Waals surface area contributed by atoms with Gasteiger partial charge in [-0.15, -0.1) is 0 Å². The Kier molecular flexibility index (Phi) is 4.76. The minimum atomic E-state index is -0.990. The van der Waals surface area contributed by atoms with Crippen molar-refractivity contribution in [3.63, 3.8) is 0 Å². The van der Waals surface area contributed by atoms with Gasteiger partial charge < -0.3 is 5.73 Å². The summed E-state index contributed by atoms with van der Waals surface area (Å²) in [7, 11) is 0. The Morgan fingerprint density at radius 2 is 1.34 bits per heavy atom. The van der Waals surface area contributed by atoms with Gasteiger partial charge in [0, 0.05) is 11.1 Å². The number of halogens is 2. The van der Waals surface area contributed by atoms with Crippen molar-refractivity contribution in [2.24, 2.45) is 0 Å². The molecule has 140 valence electrons. The molecule has 0 fully saturated rings. The number of nitrogen functional groups attached to an aromatic ring is 1. The van der Waals surface area contributed by atoms with Crippen LogP contribution in [0.1, 0.15) is 5.56 Å². The third-order valence-electron chi connectivity index (χ3n) is 4.68. The lowest BCUT2D eigenvalue weighted by atomic mass is 9.97. The van der Waals surface area contributed by atoms with E-state index in [2.05, 4.69) is 4.98 Å². The highest BCUT2D eigenvalue weighted by atomic mass is 19.2. The smallest absolute Gasteiger partial charge is 0.159 e. The fourth-order valence-electron chi connectivity index (χ4n) is 3.19. The van der Waals surface area contributed by atoms with E-state index in [4.69, 9.17) is 5.73 Å². The molecular formula is C24H15F2N3. The Labute approximate surface area is 166 Å². The zero-order chi connectivity index (χ0) is 20.4. The van der Waals surface area contributed by atoms with Crippen molar-refractivity contribution < 1.29 is 8.78 Å². The van der Waals surface area contributed by atoms with Gasteiger partial charge in [0.15, 0.2) is 11.6 Å². The van der Waals surface area contributed by atoms with Crippen LogP contribution in [0.25, 0.3) is 33.5 Å². The third kappa shape index (κ3) is 3.56. The maximum absolute atomic E-state index is 13.7. The van der Waals surface area contributed by atoms with Gasteiger partial charge in [0.1, 0.15) is 17.5 Å². The van der Waals surface area contributed by atoms with E-state index in [-0.39, 0.29) is 11.4 Å². The lowest BCUT2D eigenvalue weighted by Gasteiger charge is -2.11. The topological polar surface area (TPSA) is 62.7 Å². The van der Waals surface area contributed by atoms with E-state index < -0.39 is 11.6 Å². The van der Waals surface area contributed by atoms with Crippen LogP contribution in [-0.2, 0) is 0 Å². The molecule has 0 bridgehead atoms. The summed E-state index contributed by atoms with van der Waals surface area (Å²) in [6, 6.07) is 24.9. The van der Waals surface area contributed by atoms with Gasteiger partial charge >= 0.3 is 0 Å². The first-order valence-electron chi connectivity index (χ1n) is 8.88. The molecule has 2 N–H and O–H groups in total. The van der Waals surface area contributed by atoms with Crippen molar-refractivity contribution in [1.29, 1.82) is 5.26 Å². The molecule has 0 saturated carbocycles. The predicted molar refractivity (Wildman–Crippen MR) is 110 cm³/mol. The van der Waals surface area contributed by atoms with Gasteiger partial charge in [-0.2, -0.15) is 5.26 Å². The second-order valence-corrected chi connectivity index (χ2v) is 6.50. The monoisotopic (exact) mass is 383 g/mol. The number of benzene rings is 3. The molecule has 1 aromatic heterocycles. The molecule has 3 nitrogen and oxygen atoms in total. The van der Waals surface area contributed by atoms with Crippen molar-refractivity contribution in [3.8, 4) is 39.6 Å². The summed E-state index contributed by atoms with van der Waals surface area (Å²) >= 11 is 0. The van der Waals surface area contributed by atoms with Crippen LogP contribution in [0.5, 0.6) is 0 Å². The van der Waals surface area contributed by atoms with Crippen molar-refractivity contribution in [1.82, 2.24) is 4.98 Å². The van der Waals surface area contributed by atoms with Crippen LogP contribution in [-0.4, -0.2) is 4.98 Å². The van der Waals surface area contributed by atoms with Crippen LogP contribution in [0.4, 0.5) is 14.6 Å². The summed E-state index contributed by atoms with van der Waals surface area (Å²) in [5.41, 5.74) is 10.4. The molecule has 4 rings (SSSR count). The third-order valence-corrected chi connectivity index (χ3v) is 4.68. The molecule has 1 heterocycles. The van der Waals surface area contributed by atoms with Crippen LogP contribution < -0.4 is 5.73 Å². The first-order valence-corrected chi connectivity index (χ1v) is 8.88. The average Bonchev–Trinajstić information content (AvgIpc) is 2.76. The second-order valence-electron chi connectivity index (χ2n) is 6.50. The van der Waals surface area contributed by atoms with Gasteiger partial charge in [0.2, 0.25) is 0 Å². The molecule has 0 atom stereocenters. The van der Waals surface area contributed by atoms with Gasteiger partial charge in [-0.05, 0) is 34.9 Å². The maximum atomic E-state index is 13.7. The quantitative estimate of drug-likeness (QED) is 0.485. The molecule has 29 heavy (non-hydrogen) atoms. The van der Waals surface area contributed by atoms with Crippen LogP contribution in [0.3, 0.4) is 0 Å². The Morgan fingerprint density at radius 3 is 2.00 bits per heavy atom. The van der Waals surface area contributed by atoms with E-state index in [1.54, 1.807) is 6.07 Å². The van der Waals surface area contributed by atoms with Gasteiger partial charge in [0.05, 0.1) is 5.69 Å². The summed E-state index contributed by atoms with van der Waals surface area (Å²) < 4.78 is 27.0. The largest absolute Gasteiger partial charge is 0.383 e. The lowest BCUT2D eigenvalue weighted by molar-refractivity contribution is 0.509. The lowest BCUT2D eigenvalue weighted by Crippen LogP contribution is -2.00. The fraction of sp³-hybridized carbons (Fsp3) is 0. The number of pyridine rings is 1. The van der Waals surface area contributed by atoms with Gasteiger partial charge in [-0.25, -0.2) is 13.8 Å². The Bertz CT molecular complexity index is 1230. The molecule has 0 aliphatic carbocycles. The summed E-state index contributed by atoms with van der Waals surface area (Å²) in [6.45, 7) is 0. The van der Waals surface area contributed by atoms with E-state index in [1.807, 2.05) is 60.7 Å². The summed E-state index contributed by atoms with van der Waals surface area (Å²) in [4.78, 5) is 4.33. The van der Waals surface area contributed by atoms with Crippen LogP contribution in [0.2, 0.25) is 0 Å². The van der Waals surface area contributed by atoms with Crippen LogP contribution in [0.15, 0.2) is 78.9 Å². The number of anilines is 1. The maximum Gasteiger partial charge on any atom is 0.159 e. The molecular weight excluding hydrogens is 368 g/mol. The molecule has 0 aliphatic heterocycles. The van der Waals surface area contributed by atoms with Gasteiger partial charge in [-0.3, -0.25) is 0 Å². The van der Waals surface area contributed by atoms with Crippen LogP contribution >= 0.6 is 0 Å². The summed E-state index contributed by atoms with van der Waals surface area (Å²) in [5, 5.41) is 9.47. The minimum Gasteiger partial charge on any atom is -0.383 e. The minimum absolute atomic E-state index is 0.0388. The number of aromatic nitrogens is 1. The summed E-state index contributed by atoms with van der Waals surface area (Å²) in [6.07, 6.45) is 0. The fourth-order valence-corrected chi connectivity index (χ4v) is 3.19. The molecule has 4 aromatic rings. The molecule has 3 aromatic carbocycles. The molecule has 0 unspecified atom stereocenters. The van der Waals surface area contributed by atoms with Crippen molar-refractivity contribution >= 4 is 5.82 Å². The number of hydrogen-bond donors (Lipinski definition) is 1. The molecule has 5 heteroatoms. The van der Waals surface area contributed by atoms with E-state index in [0.29, 0.717) is 16.8 Å². The Balaban J connectivity index is 1.80. The highest BCUT2D eigenvalue weighted by molar-refractivity contribution is 5.80. The number of hydrogen-bond acceptors (Lipinski definition) is 3. The molecule has 0 saturated heterocycles. The molecule has 0 spiro atoms. The van der Waals surface area contributed by atoms with E-state index >= 15 is 0 Å². The van der Waals surface area contributed by atoms with Gasteiger partial charge in [-0.1, -0.05) is 60.7 Å². The van der Waals surface area contributed by atoms with Crippen molar-refractivity contribution in [2.75, 3.05) is 5.73 Å². The normalized spacial score (nSPS) is 10.5. The van der Waals surface area contributed by atoms with E-state index in [0.717, 1.165) is 28.8 Å². The average molecular weight is 383 g/mol. The van der Waals surface area contributed by atoms with Crippen LogP contribution in [0, 0.1) is 23.0 Å². The highest BCUT2D eigenvalue weighted by Gasteiger charge is 2.15. The standard InChI is InChI=1S/C24H15F2N3/c25-21-11-10-18(12-22(21)26)19-13-23(29-24(28)20(19)14-27)17-8-6-16(7-9-17)15-4-2-1-3-5-15/h1-13H,(H2,28,29). The highest BCUT2D eigenvalue weighted by Crippen LogP contribution is 2.32. The SMILES string of the molecule is N#Cc1c(-c2ccc(F)c(F)c2)cc(-c2ccc(-c3ccccc3)cc2)nc1N. The first kappa shape index (κ1) is 18.3. The first-order chi connectivity index (χ1) is 14.1. The Hall–Kier alpha value is -4.04. The molecule has 0 amide bonds. The summed E-state index contributed by atoms with van der Waals surface area (Å²) in [5.74, 6) is -1.90. The Morgan fingerprint density at radius 1 is 0.724 bits per heavy atom. The van der Waals surface area contributed by atoms with Crippen molar-refractivity contribution in [2.45, 2.75) is 0 Å². The number of nitrogens with zero attached hydrogens (tertiary/aromatic N) is 2. The van der Waals surface area contributed by atoms with E-state index in [1.165, 1.54) is 6.07 Å².